The van der Waals surface area contributed by atoms with E-state index in [2.05, 4.69) is 10.0 Å². The van der Waals surface area contributed by atoms with Gasteiger partial charge in [-0.15, -0.1) is 0 Å². The molecule has 1 unspecified atom stereocenters. The average Bonchev–Trinajstić information content (AvgIpc) is 3.45. The molecule has 1 saturated carbocycles. The fourth-order valence-corrected chi connectivity index (χ4v) is 3.84. The largest absolute Gasteiger partial charge is 0.349 e. The molecular weight excluding hydrogens is 355 g/mol. The van der Waals surface area contributed by atoms with Crippen LogP contribution in [0.4, 0.5) is 4.39 Å². The third-order valence-corrected chi connectivity index (χ3v) is 5.81. The van der Waals surface area contributed by atoms with Crippen LogP contribution >= 0.6 is 0 Å². The number of hydrogen-bond acceptors (Lipinski definition) is 3. The number of halogens is 1. The van der Waals surface area contributed by atoms with Crippen molar-refractivity contribution in [3.8, 4) is 0 Å². The number of rotatable bonds is 8. The van der Waals surface area contributed by atoms with Crippen molar-refractivity contribution >= 4 is 15.9 Å². The first kappa shape index (κ1) is 18.5. The van der Waals surface area contributed by atoms with Crippen LogP contribution in [0.25, 0.3) is 0 Å². The zero-order valence-corrected chi connectivity index (χ0v) is 15.0. The predicted octanol–water partition coefficient (Wildman–Crippen LogP) is 2.76. The van der Waals surface area contributed by atoms with Crippen LogP contribution in [0.5, 0.6) is 0 Å². The fourth-order valence-electron chi connectivity index (χ4n) is 2.80. The molecule has 0 bridgehead atoms. The number of nitrogens with one attached hydrogen (secondary N) is 2. The van der Waals surface area contributed by atoms with E-state index < -0.39 is 15.8 Å². The summed E-state index contributed by atoms with van der Waals surface area (Å²) in [6.45, 7) is -0.0162. The fraction of sp³-hybridized carbons (Fsp3) is 0.316. The molecule has 138 valence electrons. The molecule has 2 aromatic rings. The van der Waals surface area contributed by atoms with E-state index in [1.54, 1.807) is 0 Å². The standard InChI is InChI=1S/C19H21FN2O3S/c20-16-8-10-17(11-9-16)26(24,25)21-13-12-18(23)22-19(15-6-7-15)14-4-2-1-3-5-14/h1-5,8-11,15,19,21H,6-7,12-13H2,(H,22,23). The Morgan fingerprint density at radius 1 is 1.08 bits per heavy atom. The average molecular weight is 376 g/mol. The van der Waals surface area contributed by atoms with Gasteiger partial charge in [-0.1, -0.05) is 30.3 Å². The second-order valence-electron chi connectivity index (χ2n) is 6.39. The predicted molar refractivity (Wildman–Crippen MR) is 96.3 cm³/mol. The van der Waals surface area contributed by atoms with Crippen LogP contribution in [0.15, 0.2) is 59.5 Å². The highest BCUT2D eigenvalue weighted by Crippen LogP contribution is 2.40. The topological polar surface area (TPSA) is 75.3 Å². The molecule has 3 rings (SSSR count). The number of carbonyl (C=O) groups excluding carboxylic acids is 1. The summed E-state index contributed by atoms with van der Waals surface area (Å²) in [6.07, 6.45) is 2.20. The van der Waals surface area contributed by atoms with Crippen molar-refractivity contribution in [2.75, 3.05) is 6.54 Å². The maximum Gasteiger partial charge on any atom is 0.240 e. The van der Waals surface area contributed by atoms with Gasteiger partial charge in [0.05, 0.1) is 10.9 Å². The molecule has 0 saturated heterocycles. The van der Waals surface area contributed by atoms with E-state index in [4.69, 9.17) is 0 Å². The lowest BCUT2D eigenvalue weighted by Crippen LogP contribution is -2.33. The van der Waals surface area contributed by atoms with Crippen molar-refractivity contribution in [3.63, 3.8) is 0 Å². The highest BCUT2D eigenvalue weighted by molar-refractivity contribution is 7.89. The summed E-state index contributed by atoms with van der Waals surface area (Å²) in [5, 5.41) is 3.01. The molecule has 1 aliphatic carbocycles. The summed E-state index contributed by atoms with van der Waals surface area (Å²) < 4.78 is 39.5. The van der Waals surface area contributed by atoms with Gasteiger partial charge < -0.3 is 5.32 Å². The van der Waals surface area contributed by atoms with E-state index in [-0.39, 0.29) is 29.8 Å². The van der Waals surface area contributed by atoms with Gasteiger partial charge in [-0.2, -0.15) is 0 Å². The van der Waals surface area contributed by atoms with Crippen molar-refractivity contribution < 1.29 is 17.6 Å². The number of benzene rings is 2. The quantitative estimate of drug-likeness (QED) is 0.744. The Bertz CT molecular complexity index is 850. The minimum atomic E-state index is -3.75. The molecule has 1 fully saturated rings. The molecule has 2 N–H and O–H groups in total. The van der Waals surface area contributed by atoms with Crippen molar-refractivity contribution in [3.05, 3.63) is 66.0 Å². The van der Waals surface area contributed by atoms with Crippen molar-refractivity contribution in [2.45, 2.75) is 30.2 Å². The highest BCUT2D eigenvalue weighted by Gasteiger charge is 2.33. The van der Waals surface area contributed by atoms with Crippen molar-refractivity contribution in [2.24, 2.45) is 5.92 Å². The molecule has 5 nitrogen and oxygen atoms in total. The normalized spacial score (nSPS) is 15.4. The third-order valence-electron chi connectivity index (χ3n) is 4.34. The SMILES string of the molecule is O=C(CCNS(=O)(=O)c1ccc(F)cc1)NC(c1ccccc1)C1CC1. The van der Waals surface area contributed by atoms with E-state index in [1.807, 2.05) is 30.3 Å². The molecule has 7 heteroatoms. The molecule has 1 atom stereocenters. The minimum absolute atomic E-state index is 0.0162. The molecule has 0 spiro atoms. The van der Waals surface area contributed by atoms with Crippen LogP contribution < -0.4 is 10.0 Å². The molecule has 2 aromatic carbocycles. The smallest absolute Gasteiger partial charge is 0.240 e. The maximum absolute atomic E-state index is 12.9. The monoisotopic (exact) mass is 376 g/mol. The Morgan fingerprint density at radius 3 is 2.35 bits per heavy atom. The van der Waals surface area contributed by atoms with Crippen LogP contribution in [0.3, 0.4) is 0 Å². The maximum atomic E-state index is 12.9. The Labute approximate surface area is 152 Å². The number of hydrogen-bond donors (Lipinski definition) is 2. The number of amides is 1. The Morgan fingerprint density at radius 2 is 1.73 bits per heavy atom. The molecule has 0 radical (unpaired) electrons. The summed E-state index contributed by atoms with van der Waals surface area (Å²) in [5.41, 5.74) is 1.07. The minimum Gasteiger partial charge on any atom is -0.349 e. The van der Waals surface area contributed by atoms with Gasteiger partial charge in [0.25, 0.3) is 0 Å². The van der Waals surface area contributed by atoms with Crippen LogP contribution in [-0.4, -0.2) is 20.9 Å². The van der Waals surface area contributed by atoms with Crippen LogP contribution in [0.2, 0.25) is 0 Å². The van der Waals surface area contributed by atoms with Gasteiger partial charge in [0.2, 0.25) is 15.9 Å². The zero-order chi connectivity index (χ0) is 18.6. The Balaban J connectivity index is 1.53. The first-order chi connectivity index (χ1) is 12.5. The molecule has 26 heavy (non-hydrogen) atoms. The van der Waals surface area contributed by atoms with Gasteiger partial charge >= 0.3 is 0 Å². The molecule has 1 aliphatic rings. The lowest BCUT2D eigenvalue weighted by atomic mass is 10.0. The first-order valence-corrected chi connectivity index (χ1v) is 10.0. The van der Waals surface area contributed by atoms with Crippen molar-refractivity contribution in [1.82, 2.24) is 10.0 Å². The molecule has 0 heterocycles. The van der Waals surface area contributed by atoms with Gasteiger partial charge in [-0.05, 0) is 48.6 Å². The van der Waals surface area contributed by atoms with E-state index in [0.717, 1.165) is 30.5 Å². The Hall–Kier alpha value is -2.25. The summed E-state index contributed by atoms with van der Waals surface area (Å²) in [5.74, 6) is -0.264. The summed E-state index contributed by atoms with van der Waals surface area (Å²) in [6, 6.07) is 14.3. The third kappa shape index (κ3) is 4.89. The lowest BCUT2D eigenvalue weighted by molar-refractivity contribution is -0.121. The summed E-state index contributed by atoms with van der Waals surface area (Å²) >= 11 is 0. The van der Waals surface area contributed by atoms with Gasteiger partial charge in [-0.25, -0.2) is 17.5 Å². The van der Waals surface area contributed by atoms with Crippen molar-refractivity contribution in [1.29, 1.82) is 0 Å². The highest BCUT2D eigenvalue weighted by atomic mass is 32.2. The Kier molecular flexibility index (Phi) is 5.68. The lowest BCUT2D eigenvalue weighted by Gasteiger charge is -2.19. The van der Waals surface area contributed by atoms with Gasteiger partial charge in [0, 0.05) is 13.0 Å². The second kappa shape index (κ2) is 7.97. The molecule has 0 aromatic heterocycles. The second-order valence-corrected chi connectivity index (χ2v) is 8.16. The van der Waals surface area contributed by atoms with Gasteiger partial charge in [-0.3, -0.25) is 4.79 Å². The number of carbonyl (C=O) groups is 1. The van der Waals surface area contributed by atoms with E-state index in [1.165, 1.54) is 12.1 Å². The van der Waals surface area contributed by atoms with E-state index in [9.17, 15) is 17.6 Å². The zero-order valence-electron chi connectivity index (χ0n) is 14.2. The van der Waals surface area contributed by atoms with Crippen LogP contribution in [-0.2, 0) is 14.8 Å². The molecular formula is C19H21FN2O3S. The summed E-state index contributed by atoms with van der Waals surface area (Å²) in [4.78, 5) is 12.2. The van der Waals surface area contributed by atoms with E-state index >= 15 is 0 Å². The van der Waals surface area contributed by atoms with Gasteiger partial charge in [0.1, 0.15) is 5.82 Å². The summed E-state index contributed by atoms with van der Waals surface area (Å²) in [7, 11) is -3.75. The van der Waals surface area contributed by atoms with Crippen LogP contribution in [0.1, 0.15) is 30.9 Å². The van der Waals surface area contributed by atoms with Crippen LogP contribution in [0, 0.1) is 11.7 Å². The molecule has 0 aliphatic heterocycles. The van der Waals surface area contributed by atoms with E-state index in [0.29, 0.717) is 5.92 Å². The molecule has 1 amide bonds. The number of sulfonamides is 1. The van der Waals surface area contributed by atoms with Gasteiger partial charge in [0.15, 0.2) is 0 Å². The first-order valence-electron chi connectivity index (χ1n) is 8.55.